The van der Waals surface area contributed by atoms with E-state index in [4.69, 9.17) is 11.5 Å². The predicted molar refractivity (Wildman–Crippen MR) is 113 cm³/mol. The van der Waals surface area contributed by atoms with Gasteiger partial charge in [0.15, 0.2) is 5.69 Å². The first-order chi connectivity index (χ1) is 14.5. The number of hydrogen-bond acceptors (Lipinski definition) is 7. The van der Waals surface area contributed by atoms with E-state index in [1.54, 1.807) is 30.6 Å². The Kier molecular flexibility index (Phi) is 5.53. The van der Waals surface area contributed by atoms with Gasteiger partial charge in [-0.05, 0) is 43.2 Å². The topological polar surface area (TPSA) is 123 Å². The lowest BCUT2D eigenvalue weighted by Crippen LogP contribution is -2.43. The molecule has 1 aliphatic rings. The van der Waals surface area contributed by atoms with E-state index in [0.29, 0.717) is 12.2 Å². The van der Waals surface area contributed by atoms with Crippen LogP contribution in [0.15, 0.2) is 48.9 Å². The van der Waals surface area contributed by atoms with Gasteiger partial charge < -0.3 is 21.7 Å². The molecular formula is C21H22FN7O. The number of nitrogen functional groups attached to an aromatic ring is 1. The van der Waals surface area contributed by atoms with Crippen LogP contribution in [0, 0.1) is 5.95 Å². The summed E-state index contributed by atoms with van der Waals surface area (Å²) in [4.78, 5) is 27.1. The number of halogens is 1. The molecule has 0 radical (unpaired) electrons. The number of nitrogens with one attached hydrogen (secondary N) is 1. The third-order valence-electron chi connectivity index (χ3n) is 5.02. The molecule has 3 aromatic rings. The van der Waals surface area contributed by atoms with Crippen molar-refractivity contribution in [3.05, 3.63) is 60.6 Å². The molecule has 0 spiro atoms. The zero-order valence-corrected chi connectivity index (χ0v) is 16.3. The van der Waals surface area contributed by atoms with Gasteiger partial charge >= 0.3 is 0 Å². The van der Waals surface area contributed by atoms with Crippen LogP contribution in [-0.2, 0) is 0 Å². The molecule has 5 N–H and O–H groups in total. The Bertz CT molecular complexity index is 1070. The first-order valence-corrected chi connectivity index (χ1v) is 9.66. The van der Waals surface area contributed by atoms with Crippen LogP contribution in [0.5, 0.6) is 0 Å². The van der Waals surface area contributed by atoms with Crippen molar-refractivity contribution in [2.45, 2.75) is 18.9 Å². The van der Waals surface area contributed by atoms with Crippen LogP contribution >= 0.6 is 0 Å². The maximum Gasteiger partial charge on any atom is 0.276 e. The average Bonchev–Trinajstić information content (AvgIpc) is 2.75. The summed E-state index contributed by atoms with van der Waals surface area (Å²) in [6.45, 7) is 1.54. The van der Waals surface area contributed by atoms with E-state index < -0.39 is 11.9 Å². The maximum absolute atomic E-state index is 14.0. The largest absolute Gasteiger partial charge is 0.397 e. The van der Waals surface area contributed by atoms with Gasteiger partial charge in [-0.3, -0.25) is 9.78 Å². The number of hydrogen-bond donors (Lipinski definition) is 3. The normalized spacial score (nSPS) is 16.3. The summed E-state index contributed by atoms with van der Waals surface area (Å²) in [5, 5.41) is 2.84. The quantitative estimate of drug-likeness (QED) is 0.568. The molecule has 0 saturated carbocycles. The molecule has 3 aromatic heterocycles. The Hall–Kier alpha value is -3.59. The third kappa shape index (κ3) is 4.06. The van der Waals surface area contributed by atoms with Gasteiger partial charge in [0.25, 0.3) is 5.91 Å². The first-order valence-electron chi connectivity index (χ1n) is 9.66. The molecule has 0 aromatic carbocycles. The van der Waals surface area contributed by atoms with Gasteiger partial charge in [0.05, 0.1) is 34.5 Å². The predicted octanol–water partition coefficient (Wildman–Crippen LogP) is 2.44. The van der Waals surface area contributed by atoms with Crippen LogP contribution in [-0.4, -0.2) is 40.0 Å². The molecule has 30 heavy (non-hydrogen) atoms. The number of nitrogens with zero attached hydrogens (tertiary/aromatic N) is 4. The molecule has 0 aliphatic carbocycles. The monoisotopic (exact) mass is 407 g/mol. The Morgan fingerprint density at radius 1 is 1.23 bits per heavy atom. The van der Waals surface area contributed by atoms with Crippen molar-refractivity contribution < 1.29 is 9.18 Å². The SMILES string of the molecule is Nc1ccc(-c2cccnc2F)nc1C(=O)Nc1cnccc1N1CCC[C@H](N)C1. The summed E-state index contributed by atoms with van der Waals surface area (Å²) in [5.41, 5.74) is 14.1. The van der Waals surface area contributed by atoms with E-state index in [2.05, 4.69) is 25.2 Å². The minimum absolute atomic E-state index is 0.000835. The minimum atomic E-state index is -0.669. The number of aromatic nitrogens is 3. The highest BCUT2D eigenvalue weighted by atomic mass is 19.1. The smallest absolute Gasteiger partial charge is 0.276 e. The number of rotatable bonds is 4. The highest BCUT2D eigenvalue weighted by Gasteiger charge is 2.21. The van der Waals surface area contributed by atoms with Gasteiger partial charge in [-0.15, -0.1) is 0 Å². The summed E-state index contributed by atoms with van der Waals surface area (Å²) in [5.74, 6) is -1.17. The highest BCUT2D eigenvalue weighted by Crippen LogP contribution is 2.28. The van der Waals surface area contributed by atoms with E-state index >= 15 is 0 Å². The Balaban J connectivity index is 1.62. The molecule has 1 amide bonds. The van der Waals surface area contributed by atoms with Crippen LogP contribution in [0.25, 0.3) is 11.3 Å². The lowest BCUT2D eigenvalue weighted by Gasteiger charge is -2.33. The van der Waals surface area contributed by atoms with Crippen molar-refractivity contribution in [2.24, 2.45) is 5.73 Å². The molecule has 8 nitrogen and oxygen atoms in total. The summed E-state index contributed by atoms with van der Waals surface area (Å²) in [6, 6.07) is 8.14. The summed E-state index contributed by atoms with van der Waals surface area (Å²) in [6.07, 6.45) is 6.55. The van der Waals surface area contributed by atoms with Crippen LogP contribution in [0.1, 0.15) is 23.3 Å². The summed E-state index contributed by atoms with van der Waals surface area (Å²) >= 11 is 0. The second-order valence-corrected chi connectivity index (χ2v) is 7.17. The van der Waals surface area contributed by atoms with Crippen molar-refractivity contribution >= 4 is 23.0 Å². The van der Waals surface area contributed by atoms with E-state index in [-0.39, 0.29) is 28.7 Å². The van der Waals surface area contributed by atoms with Crippen LogP contribution in [0.3, 0.4) is 0 Å². The third-order valence-corrected chi connectivity index (χ3v) is 5.02. The molecule has 0 unspecified atom stereocenters. The van der Waals surface area contributed by atoms with Crippen molar-refractivity contribution in [3.63, 3.8) is 0 Å². The molecule has 1 saturated heterocycles. The van der Waals surface area contributed by atoms with E-state index in [1.165, 1.54) is 12.3 Å². The lowest BCUT2D eigenvalue weighted by molar-refractivity contribution is 0.102. The van der Waals surface area contributed by atoms with E-state index in [9.17, 15) is 9.18 Å². The van der Waals surface area contributed by atoms with Crippen LogP contribution in [0.4, 0.5) is 21.5 Å². The van der Waals surface area contributed by atoms with Crippen molar-refractivity contribution in [1.29, 1.82) is 0 Å². The van der Waals surface area contributed by atoms with Crippen molar-refractivity contribution in [1.82, 2.24) is 15.0 Å². The van der Waals surface area contributed by atoms with E-state index in [0.717, 1.165) is 25.1 Å². The fraction of sp³-hybridized carbons (Fsp3) is 0.238. The highest BCUT2D eigenvalue weighted by molar-refractivity contribution is 6.07. The number of piperidine rings is 1. The Labute approximate surface area is 173 Å². The Morgan fingerprint density at radius 3 is 2.90 bits per heavy atom. The second kappa shape index (κ2) is 8.42. The lowest BCUT2D eigenvalue weighted by atomic mass is 10.1. The molecule has 0 bridgehead atoms. The van der Waals surface area contributed by atoms with E-state index in [1.807, 2.05) is 6.07 Å². The molecule has 1 fully saturated rings. The zero-order chi connectivity index (χ0) is 21.1. The number of anilines is 3. The maximum atomic E-state index is 14.0. The molecule has 1 atom stereocenters. The van der Waals surface area contributed by atoms with Gasteiger partial charge in [-0.1, -0.05) is 0 Å². The Morgan fingerprint density at radius 2 is 2.10 bits per heavy atom. The van der Waals surface area contributed by atoms with Gasteiger partial charge in [0.1, 0.15) is 0 Å². The fourth-order valence-electron chi connectivity index (χ4n) is 3.55. The molecule has 9 heteroatoms. The molecule has 1 aliphatic heterocycles. The first kappa shape index (κ1) is 19.7. The minimum Gasteiger partial charge on any atom is -0.397 e. The van der Waals surface area contributed by atoms with Crippen LogP contribution in [0.2, 0.25) is 0 Å². The van der Waals surface area contributed by atoms with Crippen molar-refractivity contribution in [3.8, 4) is 11.3 Å². The summed E-state index contributed by atoms with van der Waals surface area (Å²) < 4.78 is 14.0. The molecule has 154 valence electrons. The average molecular weight is 407 g/mol. The number of amides is 1. The number of carbonyl (C=O) groups is 1. The summed E-state index contributed by atoms with van der Waals surface area (Å²) in [7, 11) is 0. The van der Waals surface area contributed by atoms with Gasteiger partial charge in [0, 0.05) is 31.5 Å². The molecule has 4 heterocycles. The van der Waals surface area contributed by atoms with Gasteiger partial charge in [0.2, 0.25) is 5.95 Å². The number of nitrogens with two attached hydrogens (primary N) is 2. The van der Waals surface area contributed by atoms with Gasteiger partial charge in [-0.2, -0.15) is 4.39 Å². The molecule has 4 rings (SSSR count). The van der Waals surface area contributed by atoms with Crippen LogP contribution < -0.4 is 21.7 Å². The second-order valence-electron chi connectivity index (χ2n) is 7.17. The molecular weight excluding hydrogens is 385 g/mol. The number of carbonyl (C=O) groups excluding carboxylic acids is 1. The number of pyridine rings is 3. The zero-order valence-electron chi connectivity index (χ0n) is 16.3. The van der Waals surface area contributed by atoms with Crippen molar-refractivity contribution in [2.75, 3.05) is 29.0 Å². The fourth-order valence-corrected chi connectivity index (χ4v) is 3.55. The van der Waals surface area contributed by atoms with Gasteiger partial charge in [-0.25, -0.2) is 9.97 Å². The standard InChI is InChI=1S/C21H22FN7O/c22-20-14(4-1-8-26-20)16-6-5-15(24)19(27-16)21(30)28-17-11-25-9-7-18(17)29-10-2-3-13(23)12-29/h1,4-9,11,13H,2-3,10,12,23-24H2,(H,28,30)/t13-/m0/s1.